The number of rotatable bonds is 4. The molecule has 0 aliphatic rings. The SMILES string of the molecule is COc1cc(OC)c2c(-c3cccc(-c4ccc(C(F)(F)F)cc4)c3)cc(=O)oc2c1. The van der Waals surface area contributed by atoms with E-state index < -0.39 is 17.4 Å². The lowest BCUT2D eigenvalue weighted by Crippen LogP contribution is -2.04. The second kappa shape index (κ2) is 7.83. The van der Waals surface area contributed by atoms with Gasteiger partial charge in [0.2, 0.25) is 0 Å². The Balaban J connectivity index is 1.87. The molecule has 3 aromatic carbocycles. The van der Waals surface area contributed by atoms with Gasteiger partial charge >= 0.3 is 11.8 Å². The number of methoxy groups -OCH3 is 2. The van der Waals surface area contributed by atoms with E-state index in [-0.39, 0.29) is 0 Å². The molecule has 0 spiro atoms. The first-order valence-electron chi connectivity index (χ1n) is 9.28. The van der Waals surface area contributed by atoms with Crippen molar-refractivity contribution in [3.8, 4) is 33.8 Å². The molecule has 0 unspecified atom stereocenters. The molecule has 1 aromatic heterocycles. The summed E-state index contributed by atoms with van der Waals surface area (Å²) in [5.41, 5.74) is 1.66. The predicted molar refractivity (Wildman–Crippen MR) is 111 cm³/mol. The zero-order chi connectivity index (χ0) is 22.2. The summed E-state index contributed by atoms with van der Waals surface area (Å²) in [7, 11) is 3.00. The van der Waals surface area contributed by atoms with Crippen molar-refractivity contribution in [1.29, 1.82) is 0 Å². The zero-order valence-electron chi connectivity index (χ0n) is 16.6. The van der Waals surface area contributed by atoms with Crippen LogP contribution in [0.3, 0.4) is 0 Å². The van der Waals surface area contributed by atoms with Gasteiger partial charge in [-0.25, -0.2) is 4.79 Å². The van der Waals surface area contributed by atoms with Crippen LogP contribution < -0.4 is 15.1 Å². The van der Waals surface area contributed by atoms with Crippen LogP contribution in [-0.2, 0) is 6.18 Å². The summed E-state index contributed by atoms with van der Waals surface area (Å²) < 4.78 is 54.6. The molecule has 0 aliphatic carbocycles. The van der Waals surface area contributed by atoms with E-state index in [4.69, 9.17) is 13.9 Å². The molecule has 7 heteroatoms. The van der Waals surface area contributed by atoms with Gasteiger partial charge in [-0.15, -0.1) is 0 Å². The maximum Gasteiger partial charge on any atom is 0.416 e. The summed E-state index contributed by atoms with van der Waals surface area (Å²) in [5, 5.41) is 0.590. The van der Waals surface area contributed by atoms with E-state index >= 15 is 0 Å². The summed E-state index contributed by atoms with van der Waals surface area (Å²) in [6.07, 6.45) is -4.39. The van der Waals surface area contributed by atoms with E-state index in [1.165, 1.54) is 32.4 Å². The van der Waals surface area contributed by atoms with Gasteiger partial charge in [-0.3, -0.25) is 0 Å². The van der Waals surface area contributed by atoms with Crippen LogP contribution in [0.2, 0.25) is 0 Å². The Morgan fingerprint density at radius 1 is 0.806 bits per heavy atom. The van der Waals surface area contributed by atoms with E-state index in [0.29, 0.717) is 44.7 Å². The highest BCUT2D eigenvalue weighted by Crippen LogP contribution is 2.38. The molecule has 0 amide bonds. The van der Waals surface area contributed by atoms with Crippen molar-refractivity contribution in [2.24, 2.45) is 0 Å². The highest BCUT2D eigenvalue weighted by atomic mass is 19.4. The maximum atomic E-state index is 12.9. The standard InChI is InChI=1S/C24H17F3O4/c1-29-18-11-20(30-2)23-19(13-22(28)31-21(23)12-18)16-5-3-4-15(10-16)14-6-8-17(9-7-14)24(25,26)27/h3-13H,1-2H3. The van der Waals surface area contributed by atoms with Gasteiger partial charge < -0.3 is 13.9 Å². The number of hydrogen-bond donors (Lipinski definition) is 0. The monoisotopic (exact) mass is 426 g/mol. The number of hydrogen-bond acceptors (Lipinski definition) is 4. The number of fused-ring (bicyclic) bond motifs is 1. The molecule has 0 radical (unpaired) electrons. The molecule has 0 saturated heterocycles. The van der Waals surface area contributed by atoms with Gasteiger partial charge in [-0.1, -0.05) is 30.3 Å². The average Bonchev–Trinajstić information content (AvgIpc) is 2.77. The zero-order valence-corrected chi connectivity index (χ0v) is 16.6. The fourth-order valence-electron chi connectivity index (χ4n) is 3.46. The van der Waals surface area contributed by atoms with E-state index in [1.807, 2.05) is 6.07 Å². The van der Waals surface area contributed by atoms with Gasteiger partial charge in [0.1, 0.15) is 17.1 Å². The average molecular weight is 426 g/mol. The normalized spacial score (nSPS) is 11.5. The molecular weight excluding hydrogens is 409 g/mol. The summed E-state index contributed by atoms with van der Waals surface area (Å²) >= 11 is 0. The highest BCUT2D eigenvalue weighted by Gasteiger charge is 2.30. The second-order valence-electron chi connectivity index (χ2n) is 6.84. The van der Waals surface area contributed by atoms with Crippen molar-refractivity contribution >= 4 is 11.0 Å². The van der Waals surface area contributed by atoms with Crippen molar-refractivity contribution in [2.75, 3.05) is 14.2 Å². The van der Waals surface area contributed by atoms with Crippen molar-refractivity contribution in [3.05, 3.63) is 82.7 Å². The first-order chi connectivity index (χ1) is 14.8. The Hall–Kier alpha value is -3.74. The fraction of sp³-hybridized carbons (Fsp3) is 0.125. The molecule has 158 valence electrons. The molecule has 0 bridgehead atoms. The summed E-state index contributed by atoms with van der Waals surface area (Å²) in [5.74, 6) is 0.941. The van der Waals surface area contributed by atoms with Crippen LogP contribution in [-0.4, -0.2) is 14.2 Å². The number of alkyl halides is 3. The Labute approximate surface area is 175 Å². The Kier molecular flexibility index (Phi) is 5.19. The van der Waals surface area contributed by atoms with Gasteiger partial charge in [0, 0.05) is 23.8 Å². The van der Waals surface area contributed by atoms with Gasteiger partial charge in [-0.2, -0.15) is 13.2 Å². The van der Waals surface area contributed by atoms with Crippen LogP contribution in [0, 0.1) is 0 Å². The van der Waals surface area contributed by atoms with Crippen LogP contribution in [0.1, 0.15) is 5.56 Å². The maximum absolute atomic E-state index is 12.9. The summed E-state index contributed by atoms with van der Waals surface area (Å²) in [6, 6.07) is 16.8. The van der Waals surface area contributed by atoms with Crippen molar-refractivity contribution < 1.29 is 27.1 Å². The van der Waals surface area contributed by atoms with Crippen molar-refractivity contribution in [2.45, 2.75) is 6.18 Å². The third-order valence-electron chi connectivity index (χ3n) is 4.96. The number of benzene rings is 3. The fourth-order valence-corrected chi connectivity index (χ4v) is 3.46. The van der Waals surface area contributed by atoms with Gasteiger partial charge in [-0.05, 0) is 34.9 Å². The smallest absolute Gasteiger partial charge is 0.416 e. The summed E-state index contributed by atoms with van der Waals surface area (Å²) in [4.78, 5) is 12.2. The largest absolute Gasteiger partial charge is 0.496 e. The molecule has 4 aromatic rings. The van der Waals surface area contributed by atoms with Crippen molar-refractivity contribution in [1.82, 2.24) is 0 Å². The minimum Gasteiger partial charge on any atom is -0.496 e. The molecule has 4 nitrogen and oxygen atoms in total. The molecule has 0 fully saturated rings. The molecule has 0 atom stereocenters. The molecule has 0 saturated carbocycles. The van der Waals surface area contributed by atoms with E-state index in [9.17, 15) is 18.0 Å². The molecule has 31 heavy (non-hydrogen) atoms. The molecule has 4 rings (SSSR count). The van der Waals surface area contributed by atoms with Crippen molar-refractivity contribution in [3.63, 3.8) is 0 Å². The lowest BCUT2D eigenvalue weighted by atomic mass is 9.96. The Bertz CT molecular complexity index is 1310. The first kappa shape index (κ1) is 20.5. The van der Waals surface area contributed by atoms with Crippen LogP contribution in [0.5, 0.6) is 11.5 Å². The van der Waals surface area contributed by atoms with Crippen LogP contribution in [0.25, 0.3) is 33.2 Å². The van der Waals surface area contributed by atoms with Crippen LogP contribution in [0.4, 0.5) is 13.2 Å². The Morgan fingerprint density at radius 3 is 2.16 bits per heavy atom. The molecular formula is C24H17F3O4. The van der Waals surface area contributed by atoms with E-state index in [1.54, 1.807) is 30.3 Å². The number of halogens is 3. The lowest BCUT2D eigenvalue weighted by molar-refractivity contribution is -0.137. The molecule has 0 aliphatic heterocycles. The van der Waals surface area contributed by atoms with E-state index in [0.717, 1.165) is 12.1 Å². The van der Waals surface area contributed by atoms with Crippen LogP contribution >= 0.6 is 0 Å². The Morgan fingerprint density at radius 2 is 1.52 bits per heavy atom. The van der Waals surface area contributed by atoms with Crippen LogP contribution in [0.15, 0.2) is 75.9 Å². The second-order valence-corrected chi connectivity index (χ2v) is 6.84. The quantitative estimate of drug-likeness (QED) is 0.367. The molecule has 0 N–H and O–H groups in total. The predicted octanol–water partition coefficient (Wildman–Crippen LogP) is 6.16. The minimum atomic E-state index is -4.39. The summed E-state index contributed by atoms with van der Waals surface area (Å²) in [6.45, 7) is 0. The molecule has 1 heterocycles. The third kappa shape index (κ3) is 3.99. The topological polar surface area (TPSA) is 48.7 Å². The lowest BCUT2D eigenvalue weighted by Gasteiger charge is -2.13. The minimum absolute atomic E-state index is 0.304. The van der Waals surface area contributed by atoms with E-state index in [2.05, 4.69) is 0 Å². The van der Waals surface area contributed by atoms with Gasteiger partial charge in [0.25, 0.3) is 0 Å². The third-order valence-corrected chi connectivity index (χ3v) is 4.96. The van der Waals surface area contributed by atoms with Gasteiger partial charge in [0.05, 0.1) is 25.2 Å². The number of ether oxygens (including phenoxy) is 2. The van der Waals surface area contributed by atoms with Gasteiger partial charge in [0.15, 0.2) is 0 Å². The highest BCUT2D eigenvalue weighted by molar-refractivity contribution is 5.99. The first-order valence-corrected chi connectivity index (χ1v) is 9.28.